The summed E-state index contributed by atoms with van der Waals surface area (Å²) >= 11 is 0. The predicted octanol–water partition coefficient (Wildman–Crippen LogP) is 1.93. The van der Waals surface area contributed by atoms with Crippen LogP contribution in [0.1, 0.15) is 13.3 Å². The lowest BCUT2D eigenvalue weighted by atomic mass is 9.84. The smallest absolute Gasteiger partial charge is 0.303 e. The summed E-state index contributed by atoms with van der Waals surface area (Å²) in [4.78, 5) is 10.9. The van der Waals surface area contributed by atoms with Crippen molar-refractivity contribution in [2.45, 2.75) is 19.4 Å². The highest BCUT2D eigenvalue weighted by molar-refractivity contribution is 5.66. The zero-order chi connectivity index (χ0) is 9.71. The van der Waals surface area contributed by atoms with Gasteiger partial charge in [-0.3, -0.25) is 4.79 Å². The lowest BCUT2D eigenvalue weighted by Crippen LogP contribution is -2.27. The van der Waals surface area contributed by atoms with E-state index in [2.05, 4.69) is 24.3 Å². The summed E-state index contributed by atoms with van der Waals surface area (Å²) in [6, 6.07) is 0. The van der Waals surface area contributed by atoms with E-state index in [4.69, 9.17) is 4.74 Å². The van der Waals surface area contributed by atoms with Crippen LogP contribution < -0.4 is 0 Å². The van der Waals surface area contributed by atoms with E-state index in [1.165, 1.54) is 13.3 Å². The maximum Gasteiger partial charge on any atom is 0.303 e. The van der Waals surface area contributed by atoms with Gasteiger partial charge in [0.15, 0.2) is 0 Å². The van der Waals surface area contributed by atoms with Gasteiger partial charge < -0.3 is 4.74 Å². The Bertz CT molecular complexity index is 329. The third-order valence-corrected chi connectivity index (χ3v) is 3.79. The number of carbonyl (C=O) groups is 1. The third-order valence-electron chi connectivity index (χ3n) is 3.79. The average molecular weight is 190 g/mol. The number of rotatable bonds is 1. The average Bonchev–Trinajstić information content (AvgIpc) is 2.74. The molecule has 0 aromatic carbocycles. The molecule has 5 atom stereocenters. The van der Waals surface area contributed by atoms with Crippen molar-refractivity contribution in [3.63, 3.8) is 0 Å². The Kier molecular flexibility index (Phi) is 1.61. The van der Waals surface area contributed by atoms with Crippen molar-refractivity contribution in [2.75, 3.05) is 0 Å². The fourth-order valence-electron chi connectivity index (χ4n) is 3.31. The molecule has 14 heavy (non-hydrogen) atoms. The number of carbonyl (C=O) groups excluding carboxylic acids is 1. The summed E-state index contributed by atoms with van der Waals surface area (Å²) in [6.45, 7) is 1.49. The topological polar surface area (TPSA) is 26.3 Å². The molecule has 0 radical (unpaired) electrons. The minimum Gasteiger partial charge on any atom is -0.458 e. The van der Waals surface area contributed by atoms with Crippen molar-refractivity contribution in [1.29, 1.82) is 0 Å². The van der Waals surface area contributed by atoms with Gasteiger partial charge in [0.25, 0.3) is 0 Å². The second-order valence-corrected chi connectivity index (χ2v) is 4.56. The summed E-state index contributed by atoms with van der Waals surface area (Å²) < 4.78 is 5.32. The SMILES string of the molecule is CC(=O)O[C@H]1C=C[C@H]2[C@@H]1[C@H]1C=C[C@@H]2C1. The van der Waals surface area contributed by atoms with Gasteiger partial charge in [-0.15, -0.1) is 0 Å². The number of ether oxygens (including phenoxy) is 1. The molecule has 2 nitrogen and oxygen atoms in total. The highest BCUT2D eigenvalue weighted by Crippen LogP contribution is 2.53. The molecule has 3 rings (SSSR count). The van der Waals surface area contributed by atoms with E-state index in [-0.39, 0.29) is 12.1 Å². The first-order valence-electron chi connectivity index (χ1n) is 5.29. The van der Waals surface area contributed by atoms with E-state index < -0.39 is 0 Å². The summed E-state index contributed by atoms with van der Waals surface area (Å²) in [7, 11) is 0. The lowest BCUT2D eigenvalue weighted by Gasteiger charge is -2.25. The third kappa shape index (κ3) is 0.999. The van der Waals surface area contributed by atoms with E-state index in [0.29, 0.717) is 23.7 Å². The normalized spacial score (nSPS) is 47.1. The summed E-state index contributed by atoms with van der Waals surface area (Å²) in [5, 5.41) is 0. The minimum atomic E-state index is -0.160. The van der Waals surface area contributed by atoms with E-state index in [1.807, 2.05) is 0 Å². The summed E-state index contributed by atoms with van der Waals surface area (Å²) in [5.74, 6) is 2.36. The number of hydrogen-bond donors (Lipinski definition) is 0. The highest BCUT2D eigenvalue weighted by atomic mass is 16.5. The van der Waals surface area contributed by atoms with Gasteiger partial charge in [-0.2, -0.15) is 0 Å². The molecule has 1 fully saturated rings. The highest BCUT2D eigenvalue weighted by Gasteiger charge is 2.49. The molecule has 3 aliphatic rings. The van der Waals surface area contributed by atoms with Gasteiger partial charge >= 0.3 is 5.97 Å². The molecule has 2 heteroatoms. The molecule has 0 aliphatic heterocycles. The Labute approximate surface area is 83.6 Å². The number of fused-ring (bicyclic) bond motifs is 5. The minimum absolute atomic E-state index is 0.0393. The molecule has 0 heterocycles. The molecule has 0 unspecified atom stereocenters. The molecule has 3 aliphatic carbocycles. The first kappa shape index (κ1) is 8.27. The molecule has 0 N–H and O–H groups in total. The Morgan fingerprint density at radius 3 is 2.79 bits per heavy atom. The molecular weight excluding hydrogens is 176 g/mol. The van der Waals surface area contributed by atoms with Gasteiger partial charge in [0.05, 0.1) is 0 Å². The summed E-state index contributed by atoms with van der Waals surface area (Å²) in [6.07, 6.45) is 10.2. The number of hydrogen-bond acceptors (Lipinski definition) is 2. The van der Waals surface area contributed by atoms with Crippen molar-refractivity contribution >= 4 is 5.97 Å². The monoisotopic (exact) mass is 190 g/mol. The van der Waals surface area contributed by atoms with Crippen LogP contribution in [0.3, 0.4) is 0 Å². The lowest BCUT2D eigenvalue weighted by molar-refractivity contribution is -0.146. The zero-order valence-electron chi connectivity index (χ0n) is 8.22. The second kappa shape index (κ2) is 2.72. The van der Waals surface area contributed by atoms with Gasteiger partial charge in [0.1, 0.15) is 6.10 Å². The van der Waals surface area contributed by atoms with Crippen LogP contribution in [0.25, 0.3) is 0 Å². The van der Waals surface area contributed by atoms with Crippen molar-refractivity contribution in [3.8, 4) is 0 Å². The van der Waals surface area contributed by atoms with E-state index in [0.717, 1.165) is 0 Å². The van der Waals surface area contributed by atoms with E-state index >= 15 is 0 Å². The predicted molar refractivity (Wildman–Crippen MR) is 52.4 cm³/mol. The van der Waals surface area contributed by atoms with Gasteiger partial charge in [0.2, 0.25) is 0 Å². The van der Waals surface area contributed by atoms with Gasteiger partial charge in [0, 0.05) is 12.8 Å². The Morgan fingerprint density at radius 1 is 1.21 bits per heavy atom. The summed E-state index contributed by atoms with van der Waals surface area (Å²) in [5.41, 5.74) is 0. The quantitative estimate of drug-likeness (QED) is 0.466. The molecule has 0 aromatic heterocycles. The Hall–Kier alpha value is -1.05. The Balaban J connectivity index is 1.82. The van der Waals surface area contributed by atoms with Crippen molar-refractivity contribution < 1.29 is 9.53 Å². The molecular formula is C12H14O2. The molecule has 1 saturated carbocycles. The zero-order valence-corrected chi connectivity index (χ0v) is 8.22. The second-order valence-electron chi connectivity index (χ2n) is 4.56. The fraction of sp³-hybridized carbons (Fsp3) is 0.583. The molecule has 74 valence electrons. The maximum absolute atomic E-state index is 10.9. The van der Waals surface area contributed by atoms with Gasteiger partial charge in [-0.25, -0.2) is 0 Å². The van der Waals surface area contributed by atoms with Crippen LogP contribution in [0, 0.1) is 23.7 Å². The van der Waals surface area contributed by atoms with Gasteiger partial charge in [-0.1, -0.05) is 18.2 Å². The van der Waals surface area contributed by atoms with Crippen LogP contribution in [0.15, 0.2) is 24.3 Å². The van der Waals surface area contributed by atoms with Gasteiger partial charge in [-0.05, 0) is 30.3 Å². The van der Waals surface area contributed by atoms with Crippen LogP contribution in [0.2, 0.25) is 0 Å². The van der Waals surface area contributed by atoms with Crippen LogP contribution in [0.4, 0.5) is 0 Å². The fourth-order valence-corrected chi connectivity index (χ4v) is 3.31. The molecule has 0 saturated heterocycles. The van der Waals surface area contributed by atoms with Crippen LogP contribution in [-0.4, -0.2) is 12.1 Å². The largest absolute Gasteiger partial charge is 0.458 e. The maximum atomic E-state index is 10.9. The van der Waals surface area contributed by atoms with Crippen molar-refractivity contribution in [1.82, 2.24) is 0 Å². The molecule has 0 spiro atoms. The molecule has 0 aromatic rings. The van der Waals surface area contributed by atoms with Crippen LogP contribution in [-0.2, 0) is 9.53 Å². The molecule has 2 bridgehead atoms. The first-order chi connectivity index (χ1) is 6.75. The van der Waals surface area contributed by atoms with Crippen LogP contribution >= 0.6 is 0 Å². The molecule has 0 amide bonds. The van der Waals surface area contributed by atoms with Crippen molar-refractivity contribution in [2.24, 2.45) is 23.7 Å². The van der Waals surface area contributed by atoms with Crippen molar-refractivity contribution in [3.05, 3.63) is 24.3 Å². The number of esters is 1. The number of allylic oxidation sites excluding steroid dienone is 3. The Morgan fingerprint density at radius 2 is 2.00 bits per heavy atom. The van der Waals surface area contributed by atoms with E-state index in [9.17, 15) is 4.79 Å². The standard InChI is InChI=1S/C12H14O2/c1-7(13)14-11-5-4-10-8-2-3-9(6-8)12(10)11/h2-5,8-12H,6H2,1H3/t8-,9+,10-,11+,12+/m1/s1. The van der Waals surface area contributed by atoms with Crippen LogP contribution in [0.5, 0.6) is 0 Å². The first-order valence-corrected chi connectivity index (χ1v) is 5.29. The van der Waals surface area contributed by atoms with E-state index in [1.54, 1.807) is 0 Å².